The first-order valence-electron chi connectivity index (χ1n) is 7.94. The maximum atomic E-state index is 2.19. The summed E-state index contributed by atoms with van der Waals surface area (Å²) in [6.45, 7) is 0. The van der Waals surface area contributed by atoms with Crippen molar-refractivity contribution < 1.29 is 0 Å². The van der Waals surface area contributed by atoms with Crippen molar-refractivity contribution in [2.45, 2.75) is 6.42 Å². The largest absolute Gasteiger partial charge is 0.378 e. The van der Waals surface area contributed by atoms with Gasteiger partial charge < -0.3 is 9.80 Å². The van der Waals surface area contributed by atoms with Gasteiger partial charge in [0.1, 0.15) is 0 Å². The van der Waals surface area contributed by atoms with Crippen LogP contribution in [0, 0.1) is 0 Å². The molecule has 0 heterocycles. The lowest BCUT2D eigenvalue weighted by Crippen LogP contribution is -2.07. The van der Waals surface area contributed by atoms with Gasteiger partial charge in [-0.3, -0.25) is 0 Å². The number of anilines is 2. The summed E-state index contributed by atoms with van der Waals surface area (Å²) in [4.78, 5) is 4.22. The van der Waals surface area contributed by atoms with Crippen LogP contribution in [0.15, 0.2) is 60.7 Å². The second-order valence-electron chi connectivity index (χ2n) is 6.01. The minimum Gasteiger partial charge on any atom is -0.378 e. The Labute approximate surface area is 140 Å². The summed E-state index contributed by atoms with van der Waals surface area (Å²) in [6.07, 6.45) is 9.65. The summed E-state index contributed by atoms with van der Waals surface area (Å²) in [5.74, 6) is 0. The van der Waals surface area contributed by atoms with E-state index in [-0.39, 0.29) is 0 Å². The lowest BCUT2D eigenvalue weighted by molar-refractivity contribution is 1.13. The molecule has 120 valence electrons. The van der Waals surface area contributed by atoms with Gasteiger partial charge in [0.05, 0.1) is 0 Å². The zero-order valence-corrected chi connectivity index (χ0v) is 14.5. The van der Waals surface area contributed by atoms with Crippen LogP contribution in [0.5, 0.6) is 0 Å². The molecule has 2 aromatic rings. The molecule has 0 unspecified atom stereocenters. The first-order chi connectivity index (χ1) is 11.1. The lowest BCUT2D eigenvalue weighted by atomic mass is 10.1. The van der Waals surface area contributed by atoms with E-state index in [1.54, 1.807) is 0 Å². The Morgan fingerprint density at radius 2 is 0.957 bits per heavy atom. The molecule has 23 heavy (non-hydrogen) atoms. The van der Waals surface area contributed by atoms with Crippen molar-refractivity contribution in [1.29, 1.82) is 0 Å². The third-order valence-electron chi connectivity index (χ3n) is 3.71. The highest BCUT2D eigenvalue weighted by Gasteiger charge is 1.94. The standard InChI is InChI=1S/C21H26N2/c1-22(2)20-14-10-18(11-15-20)8-6-5-7-9-19-12-16-21(17-13-19)23(3)4/h6-17H,5H2,1-4H3/b8-6+,9-7+. The summed E-state index contributed by atoms with van der Waals surface area (Å²) < 4.78 is 0. The molecule has 0 bridgehead atoms. The van der Waals surface area contributed by atoms with Gasteiger partial charge >= 0.3 is 0 Å². The summed E-state index contributed by atoms with van der Waals surface area (Å²) >= 11 is 0. The number of allylic oxidation sites excluding steroid dienone is 2. The number of nitrogens with zero attached hydrogens (tertiary/aromatic N) is 2. The maximum absolute atomic E-state index is 2.19. The predicted octanol–water partition coefficient (Wildman–Crippen LogP) is 4.94. The smallest absolute Gasteiger partial charge is 0.0361 e. The lowest BCUT2D eigenvalue weighted by Gasteiger charge is -2.11. The van der Waals surface area contributed by atoms with Crippen LogP contribution in [-0.4, -0.2) is 28.2 Å². The minimum absolute atomic E-state index is 0.935. The Hall–Kier alpha value is -2.48. The molecule has 0 aliphatic heterocycles. The van der Waals surface area contributed by atoms with Gasteiger partial charge in [0.2, 0.25) is 0 Å². The first kappa shape index (κ1) is 16.9. The highest BCUT2D eigenvalue weighted by Crippen LogP contribution is 2.15. The van der Waals surface area contributed by atoms with Crippen LogP contribution in [0.4, 0.5) is 11.4 Å². The predicted molar refractivity (Wildman–Crippen MR) is 104 cm³/mol. The summed E-state index contributed by atoms with van der Waals surface area (Å²) in [5, 5.41) is 0. The Morgan fingerprint density at radius 1 is 0.609 bits per heavy atom. The van der Waals surface area contributed by atoms with Gasteiger partial charge in [0, 0.05) is 39.6 Å². The molecule has 0 aliphatic rings. The molecule has 0 fully saturated rings. The van der Waals surface area contributed by atoms with Gasteiger partial charge in [0.15, 0.2) is 0 Å². The Morgan fingerprint density at radius 3 is 1.26 bits per heavy atom. The summed E-state index contributed by atoms with van der Waals surface area (Å²) in [7, 11) is 8.23. The fourth-order valence-electron chi connectivity index (χ4n) is 2.25. The Kier molecular flexibility index (Phi) is 6.04. The van der Waals surface area contributed by atoms with Crippen LogP contribution >= 0.6 is 0 Å². The molecule has 0 radical (unpaired) electrons. The molecule has 0 saturated heterocycles. The van der Waals surface area contributed by atoms with Crippen molar-refractivity contribution in [3.63, 3.8) is 0 Å². The fraction of sp³-hybridized carbons (Fsp3) is 0.238. The van der Waals surface area contributed by atoms with E-state index >= 15 is 0 Å². The van der Waals surface area contributed by atoms with E-state index in [1.807, 2.05) is 0 Å². The zero-order chi connectivity index (χ0) is 16.7. The third kappa shape index (κ3) is 5.33. The van der Waals surface area contributed by atoms with Crippen LogP contribution in [0.25, 0.3) is 12.2 Å². The molecular formula is C21H26N2. The molecule has 2 nitrogen and oxygen atoms in total. The molecule has 0 aliphatic carbocycles. The highest BCUT2D eigenvalue weighted by atomic mass is 15.1. The number of rotatable bonds is 6. The van der Waals surface area contributed by atoms with Crippen molar-refractivity contribution in [2.75, 3.05) is 38.0 Å². The first-order valence-corrected chi connectivity index (χ1v) is 7.94. The zero-order valence-electron chi connectivity index (χ0n) is 14.5. The van der Waals surface area contributed by atoms with Crippen molar-refractivity contribution in [1.82, 2.24) is 0 Å². The molecule has 2 rings (SSSR count). The van der Waals surface area contributed by atoms with E-state index in [9.17, 15) is 0 Å². The second-order valence-corrected chi connectivity index (χ2v) is 6.01. The van der Waals surface area contributed by atoms with Gasteiger partial charge in [-0.1, -0.05) is 48.6 Å². The average molecular weight is 306 g/mol. The van der Waals surface area contributed by atoms with E-state index < -0.39 is 0 Å². The molecule has 0 N–H and O–H groups in total. The molecule has 0 atom stereocenters. The van der Waals surface area contributed by atoms with Crippen molar-refractivity contribution in [3.05, 3.63) is 71.8 Å². The van der Waals surface area contributed by atoms with E-state index in [2.05, 4.69) is 111 Å². The molecule has 0 aromatic heterocycles. The number of benzene rings is 2. The van der Waals surface area contributed by atoms with Gasteiger partial charge in [-0.15, -0.1) is 0 Å². The molecular weight excluding hydrogens is 280 g/mol. The highest BCUT2D eigenvalue weighted by molar-refractivity contribution is 5.57. The molecule has 0 saturated carbocycles. The topological polar surface area (TPSA) is 6.48 Å². The van der Waals surface area contributed by atoms with Crippen LogP contribution in [0.2, 0.25) is 0 Å². The minimum atomic E-state index is 0.935. The quantitative estimate of drug-likeness (QED) is 0.746. The normalized spacial score (nSPS) is 11.3. The van der Waals surface area contributed by atoms with Crippen LogP contribution in [0.3, 0.4) is 0 Å². The van der Waals surface area contributed by atoms with Crippen LogP contribution in [-0.2, 0) is 0 Å². The number of hydrogen-bond donors (Lipinski definition) is 0. The molecule has 2 aromatic carbocycles. The molecule has 0 spiro atoms. The van der Waals surface area contributed by atoms with Crippen molar-refractivity contribution in [3.8, 4) is 0 Å². The van der Waals surface area contributed by atoms with Gasteiger partial charge in [0.25, 0.3) is 0 Å². The fourth-order valence-corrected chi connectivity index (χ4v) is 2.25. The number of hydrogen-bond acceptors (Lipinski definition) is 2. The van der Waals surface area contributed by atoms with Crippen molar-refractivity contribution >= 4 is 23.5 Å². The van der Waals surface area contributed by atoms with E-state index in [0.717, 1.165) is 6.42 Å². The monoisotopic (exact) mass is 306 g/mol. The second kappa shape index (κ2) is 8.23. The maximum Gasteiger partial charge on any atom is 0.0361 e. The SMILES string of the molecule is CN(C)c1ccc(/C=C/C/C=C/c2ccc(N(C)C)cc2)cc1. The Balaban J connectivity index is 1.86. The van der Waals surface area contributed by atoms with Crippen molar-refractivity contribution in [2.24, 2.45) is 0 Å². The van der Waals surface area contributed by atoms with Crippen LogP contribution < -0.4 is 9.80 Å². The molecule has 0 amide bonds. The summed E-state index contributed by atoms with van der Waals surface area (Å²) in [5.41, 5.74) is 4.92. The van der Waals surface area contributed by atoms with Gasteiger partial charge in [-0.2, -0.15) is 0 Å². The van der Waals surface area contributed by atoms with E-state index in [4.69, 9.17) is 0 Å². The summed E-state index contributed by atoms with van der Waals surface area (Å²) in [6, 6.07) is 17.2. The molecule has 2 heteroatoms. The van der Waals surface area contributed by atoms with E-state index in [0.29, 0.717) is 0 Å². The van der Waals surface area contributed by atoms with Crippen LogP contribution in [0.1, 0.15) is 17.5 Å². The van der Waals surface area contributed by atoms with Gasteiger partial charge in [-0.05, 0) is 41.8 Å². The Bertz CT molecular complexity index is 588. The average Bonchev–Trinajstić information content (AvgIpc) is 2.55. The van der Waals surface area contributed by atoms with E-state index in [1.165, 1.54) is 22.5 Å². The van der Waals surface area contributed by atoms with Gasteiger partial charge in [-0.25, -0.2) is 0 Å². The third-order valence-corrected chi connectivity index (χ3v) is 3.71.